The molecule has 164 valence electrons. The third-order valence-electron chi connectivity index (χ3n) is 4.84. The van der Waals surface area contributed by atoms with E-state index in [0.29, 0.717) is 36.9 Å². The lowest BCUT2D eigenvalue weighted by Crippen LogP contribution is -2.21. The first-order valence-electron chi connectivity index (χ1n) is 10.6. The van der Waals surface area contributed by atoms with Crippen LogP contribution < -0.4 is 20.1 Å². The highest BCUT2D eigenvalue weighted by Crippen LogP contribution is 2.36. The first-order valence-corrected chi connectivity index (χ1v) is 10.6. The second-order valence-corrected chi connectivity index (χ2v) is 7.21. The lowest BCUT2D eigenvalue weighted by molar-refractivity contribution is -0.119. The Bertz CT molecular complexity index is 968. The fourth-order valence-corrected chi connectivity index (χ4v) is 3.45. The van der Waals surface area contributed by atoms with Crippen molar-refractivity contribution in [1.29, 1.82) is 0 Å². The van der Waals surface area contributed by atoms with Crippen LogP contribution in [0.2, 0.25) is 0 Å². The lowest BCUT2D eigenvalue weighted by atomic mass is 9.98. The van der Waals surface area contributed by atoms with Crippen molar-refractivity contribution >= 4 is 23.2 Å². The molecule has 0 radical (unpaired) electrons. The van der Waals surface area contributed by atoms with Gasteiger partial charge in [-0.25, -0.2) is 0 Å². The van der Waals surface area contributed by atoms with Gasteiger partial charge in [-0.3, -0.25) is 14.6 Å². The van der Waals surface area contributed by atoms with Crippen LogP contribution in [0.25, 0.3) is 0 Å². The summed E-state index contributed by atoms with van der Waals surface area (Å²) < 4.78 is 11.5. The Morgan fingerprint density at radius 1 is 1.10 bits per heavy atom. The third kappa shape index (κ3) is 5.84. The molecule has 0 saturated heterocycles. The second kappa shape index (κ2) is 10.6. The fourth-order valence-electron chi connectivity index (χ4n) is 3.45. The average molecular weight is 424 g/mol. The summed E-state index contributed by atoms with van der Waals surface area (Å²) in [7, 11) is 0. The number of fused-ring (bicyclic) bond motifs is 1. The van der Waals surface area contributed by atoms with Crippen LogP contribution in [0, 0.1) is 0 Å². The van der Waals surface area contributed by atoms with Crippen molar-refractivity contribution in [2.75, 3.05) is 31.6 Å². The number of benzodiazepines with no additional fused rings is 1. The highest BCUT2D eigenvalue weighted by Gasteiger charge is 2.21. The van der Waals surface area contributed by atoms with Crippen molar-refractivity contribution in [3.05, 3.63) is 53.1 Å². The minimum Gasteiger partial charge on any atom is -0.490 e. The molecule has 7 heteroatoms. The number of aliphatic imine (C=N–C) groups is 1. The molecule has 0 atom stereocenters. The summed E-state index contributed by atoms with van der Waals surface area (Å²) in [6.45, 7) is 7.06. The number of anilines is 1. The molecule has 0 aromatic heterocycles. The monoisotopic (exact) mass is 423 g/mol. The molecule has 31 heavy (non-hydrogen) atoms. The van der Waals surface area contributed by atoms with Gasteiger partial charge >= 0.3 is 0 Å². The van der Waals surface area contributed by atoms with Crippen molar-refractivity contribution < 1.29 is 19.1 Å². The number of amides is 2. The minimum absolute atomic E-state index is 0.0116. The summed E-state index contributed by atoms with van der Waals surface area (Å²) in [6.07, 6.45) is 1.74. The number of hydrogen-bond acceptors (Lipinski definition) is 5. The Hall–Kier alpha value is -3.35. The van der Waals surface area contributed by atoms with Crippen molar-refractivity contribution in [2.45, 2.75) is 33.6 Å². The van der Waals surface area contributed by atoms with E-state index in [0.717, 1.165) is 29.7 Å². The maximum atomic E-state index is 12.2. The molecule has 2 amide bonds. The first-order chi connectivity index (χ1) is 15.0. The number of aryl methyl sites for hydroxylation is 1. The molecule has 0 bridgehead atoms. The quantitative estimate of drug-likeness (QED) is 0.606. The van der Waals surface area contributed by atoms with Crippen LogP contribution >= 0.6 is 0 Å². The van der Waals surface area contributed by atoms with E-state index in [1.165, 1.54) is 12.5 Å². The van der Waals surface area contributed by atoms with Gasteiger partial charge in [0.25, 0.3) is 0 Å². The number of nitrogens with one attached hydrogen (secondary N) is 2. The summed E-state index contributed by atoms with van der Waals surface area (Å²) in [4.78, 5) is 27.8. The Kier molecular flexibility index (Phi) is 7.65. The molecule has 7 nitrogen and oxygen atoms in total. The van der Waals surface area contributed by atoms with E-state index in [4.69, 9.17) is 9.47 Å². The SMILES string of the molecule is CCOc1cc2c(cc1OCC)C(c1ccc(CCCNC(C)=O)cc1)=NCC(=O)N2. The van der Waals surface area contributed by atoms with Gasteiger partial charge in [-0.15, -0.1) is 0 Å². The van der Waals surface area contributed by atoms with Crippen molar-refractivity contribution in [2.24, 2.45) is 4.99 Å². The smallest absolute Gasteiger partial charge is 0.246 e. The topological polar surface area (TPSA) is 89.0 Å². The third-order valence-corrected chi connectivity index (χ3v) is 4.84. The van der Waals surface area contributed by atoms with Gasteiger partial charge in [0, 0.05) is 30.7 Å². The summed E-state index contributed by atoms with van der Waals surface area (Å²) in [6, 6.07) is 11.8. The molecule has 0 saturated carbocycles. The largest absolute Gasteiger partial charge is 0.490 e. The Morgan fingerprint density at radius 2 is 1.77 bits per heavy atom. The second-order valence-electron chi connectivity index (χ2n) is 7.21. The summed E-state index contributed by atoms with van der Waals surface area (Å²) in [5, 5.41) is 5.73. The van der Waals surface area contributed by atoms with Gasteiger partial charge < -0.3 is 20.1 Å². The molecule has 3 rings (SSSR count). The standard InChI is InChI=1S/C24H29N3O4/c1-4-30-21-13-19-20(14-22(21)31-5-2)27-23(29)15-26-24(19)18-10-8-17(9-11-18)7-6-12-25-16(3)28/h8-11,13-14H,4-7,12,15H2,1-3H3,(H,25,28)(H,27,29). The summed E-state index contributed by atoms with van der Waals surface area (Å²) >= 11 is 0. The molecule has 0 spiro atoms. The number of benzene rings is 2. The predicted octanol–water partition coefficient (Wildman–Crippen LogP) is 3.34. The van der Waals surface area contributed by atoms with Crippen LogP contribution in [0.4, 0.5) is 5.69 Å². The van der Waals surface area contributed by atoms with E-state index < -0.39 is 0 Å². The van der Waals surface area contributed by atoms with Gasteiger partial charge in [0.05, 0.1) is 24.6 Å². The lowest BCUT2D eigenvalue weighted by Gasteiger charge is -2.17. The van der Waals surface area contributed by atoms with E-state index in [1.54, 1.807) is 6.07 Å². The Labute approximate surface area is 182 Å². The van der Waals surface area contributed by atoms with Gasteiger partial charge in [0.2, 0.25) is 11.8 Å². The predicted molar refractivity (Wildman–Crippen MR) is 121 cm³/mol. The van der Waals surface area contributed by atoms with Crippen LogP contribution in [-0.2, 0) is 16.0 Å². The van der Waals surface area contributed by atoms with Gasteiger partial charge in [-0.05, 0) is 38.3 Å². The average Bonchev–Trinajstić information content (AvgIpc) is 2.90. The van der Waals surface area contributed by atoms with Crippen LogP contribution in [0.3, 0.4) is 0 Å². The van der Waals surface area contributed by atoms with E-state index in [1.807, 2.05) is 32.0 Å². The number of carbonyl (C=O) groups is 2. The highest BCUT2D eigenvalue weighted by atomic mass is 16.5. The van der Waals surface area contributed by atoms with Gasteiger partial charge in [0.15, 0.2) is 11.5 Å². The molecule has 0 aliphatic carbocycles. The van der Waals surface area contributed by atoms with Crippen LogP contribution in [0.15, 0.2) is 41.4 Å². The van der Waals surface area contributed by atoms with Gasteiger partial charge in [-0.1, -0.05) is 24.3 Å². The normalized spacial score (nSPS) is 12.9. The maximum absolute atomic E-state index is 12.2. The number of ether oxygens (including phenoxy) is 2. The molecule has 1 heterocycles. The summed E-state index contributed by atoms with van der Waals surface area (Å²) in [5.74, 6) is 1.04. The van der Waals surface area contributed by atoms with Crippen LogP contribution in [0.1, 0.15) is 43.9 Å². The van der Waals surface area contributed by atoms with E-state index in [2.05, 4.69) is 27.8 Å². The molecule has 1 aliphatic heterocycles. The van der Waals surface area contributed by atoms with Crippen LogP contribution in [-0.4, -0.2) is 43.8 Å². The number of nitrogens with zero attached hydrogens (tertiary/aromatic N) is 1. The van der Waals surface area contributed by atoms with E-state index in [-0.39, 0.29) is 18.4 Å². The zero-order valence-electron chi connectivity index (χ0n) is 18.3. The van der Waals surface area contributed by atoms with Crippen molar-refractivity contribution in [3.63, 3.8) is 0 Å². The van der Waals surface area contributed by atoms with Crippen molar-refractivity contribution in [3.8, 4) is 11.5 Å². The zero-order chi connectivity index (χ0) is 22.2. The number of carbonyl (C=O) groups excluding carboxylic acids is 2. The molecule has 0 fully saturated rings. The Morgan fingerprint density at radius 3 is 2.42 bits per heavy atom. The molecular formula is C24H29N3O4. The Balaban J connectivity index is 1.88. The van der Waals surface area contributed by atoms with E-state index in [9.17, 15) is 9.59 Å². The van der Waals surface area contributed by atoms with Crippen LogP contribution in [0.5, 0.6) is 11.5 Å². The molecule has 0 unspecified atom stereocenters. The number of rotatable bonds is 9. The number of hydrogen-bond donors (Lipinski definition) is 2. The maximum Gasteiger partial charge on any atom is 0.246 e. The van der Waals surface area contributed by atoms with Gasteiger partial charge in [-0.2, -0.15) is 0 Å². The molecule has 2 N–H and O–H groups in total. The summed E-state index contributed by atoms with van der Waals surface area (Å²) in [5.41, 5.74) is 4.31. The zero-order valence-corrected chi connectivity index (χ0v) is 18.3. The van der Waals surface area contributed by atoms with Gasteiger partial charge in [0.1, 0.15) is 6.54 Å². The minimum atomic E-state index is -0.169. The fraction of sp³-hybridized carbons (Fsp3) is 0.375. The van der Waals surface area contributed by atoms with E-state index >= 15 is 0 Å². The molecule has 2 aromatic carbocycles. The van der Waals surface area contributed by atoms with Crippen molar-refractivity contribution in [1.82, 2.24) is 5.32 Å². The highest BCUT2D eigenvalue weighted by molar-refractivity contribution is 6.19. The molecule has 2 aromatic rings. The molecule has 1 aliphatic rings. The molecular weight excluding hydrogens is 394 g/mol. The first kappa shape index (κ1) is 22.3.